The fourth-order valence-electron chi connectivity index (χ4n) is 3.34. The van der Waals surface area contributed by atoms with Gasteiger partial charge in [0.25, 0.3) is 0 Å². The van der Waals surface area contributed by atoms with Crippen molar-refractivity contribution in [1.82, 2.24) is 20.1 Å². The van der Waals surface area contributed by atoms with Crippen LogP contribution in [0.1, 0.15) is 74.8 Å². The molecule has 4 rings (SSSR count). The summed E-state index contributed by atoms with van der Waals surface area (Å²) in [5.74, 6) is 2.19. The van der Waals surface area contributed by atoms with E-state index in [1.165, 1.54) is 43.0 Å². The fourth-order valence-corrected chi connectivity index (χ4v) is 4.17. The van der Waals surface area contributed by atoms with Crippen molar-refractivity contribution in [3.05, 3.63) is 41.7 Å². The van der Waals surface area contributed by atoms with Crippen LogP contribution in [0.3, 0.4) is 0 Å². The number of nitrogens with zero attached hydrogens (tertiary/aromatic N) is 3. The Hall–Kier alpha value is -1.82. The number of rotatable bonds is 9. The van der Waals surface area contributed by atoms with E-state index in [0.29, 0.717) is 17.7 Å². The molecular weight excluding hydrogens is 344 g/mol. The summed E-state index contributed by atoms with van der Waals surface area (Å²) in [5, 5.41) is 12.9. The van der Waals surface area contributed by atoms with Crippen LogP contribution in [-0.4, -0.2) is 26.4 Å². The van der Waals surface area contributed by atoms with Crippen molar-refractivity contribution >= 4 is 17.7 Å². The van der Waals surface area contributed by atoms with Gasteiger partial charge in [-0.25, -0.2) is 0 Å². The minimum Gasteiger partial charge on any atom is -0.349 e. The van der Waals surface area contributed by atoms with Crippen LogP contribution in [0.2, 0.25) is 0 Å². The van der Waals surface area contributed by atoms with Gasteiger partial charge in [-0.3, -0.25) is 4.79 Å². The summed E-state index contributed by atoms with van der Waals surface area (Å²) in [5.41, 5.74) is 1.17. The molecule has 2 aliphatic rings. The first-order valence-electron chi connectivity index (χ1n) is 9.68. The van der Waals surface area contributed by atoms with E-state index < -0.39 is 0 Å². The predicted molar refractivity (Wildman–Crippen MR) is 103 cm³/mol. The van der Waals surface area contributed by atoms with Crippen molar-refractivity contribution in [3.63, 3.8) is 0 Å². The van der Waals surface area contributed by atoms with E-state index in [9.17, 15) is 4.79 Å². The molecule has 1 heterocycles. The maximum Gasteiger partial charge on any atom is 0.230 e. The summed E-state index contributed by atoms with van der Waals surface area (Å²) >= 11 is 1.52. The summed E-state index contributed by atoms with van der Waals surface area (Å²) in [7, 11) is 0. The van der Waals surface area contributed by atoms with Crippen LogP contribution in [0, 0.1) is 0 Å². The second-order valence-electron chi connectivity index (χ2n) is 7.32. The maximum atomic E-state index is 12.5. The zero-order valence-corrected chi connectivity index (χ0v) is 16.0. The number of carbonyl (C=O) groups is 1. The van der Waals surface area contributed by atoms with Gasteiger partial charge >= 0.3 is 0 Å². The van der Waals surface area contributed by atoms with Crippen molar-refractivity contribution in [2.75, 3.05) is 5.75 Å². The standard InChI is InChI=1S/C20H26N4OS/c1-2-6-17(14-7-4-3-5-8-14)21-18(25)13-26-20-23-22-19(15-9-10-15)24(20)16-11-12-16/h3-5,7-8,15-17H,2,6,9-13H2,1H3,(H,21,25)/t17-/m0/s1. The minimum atomic E-state index is 0.0654. The van der Waals surface area contributed by atoms with Gasteiger partial charge in [-0.15, -0.1) is 10.2 Å². The molecule has 2 aliphatic carbocycles. The highest BCUT2D eigenvalue weighted by molar-refractivity contribution is 7.99. The van der Waals surface area contributed by atoms with E-state index in [4.69, 9.17) is 0 Å². The van der Waals surface area contributed by atoms with Gasteiger partial charge in [-0.1, -0.05) is 55.4 Å². The Morgan fingerprint density at radius 1 is 1.23 bits per heavy atom. The molecule has 0 radical (unpaired) electrons. The van der Waals surface area contributed by atoms with Crippen molar-refractivity contribution < 1.29 is 4.79 Å². The first-order chi connectivity index (χ1) is 12.8. The number of nitrogens with one attached hydrogen (secondary N) is 1. The van der Waals surface area contributed by atoms with Gasteiger partial charge in [0.15, 0.2) is 5.16 Å². The van der Waals surface area contributed by atoms with E-state index in [2.05, 4.69) is 39.1 Å². The Kier molecular flexibility index (Phi) is 5.29. The summed E-state index contributed by atoms with van der Waals surface area (Å²) in [6, 6.07) is 10.9. The van der Waals surface area contributed by atoms with Gasteiger partial charge in [0.05, 0.1) is 11.8 Å². The molecule has 0 bridgehead atoms. The van der Waals surface area contributed by atoms with Gasteiger partial charge < -0.3 is 9.88 Å². The Bertz CT molecular complexity index is 752. The predicted octanol–water partition coefficient (Wildman–Crippen LogP) is 4.24. The lowest BCUT2D eigenvalue weighted by Gasteiger charge is -2.18. The van der Waals surface area contributed by atoms with Gasteiger partial charge in [-0.2, -0.15) is 0 Å². The lowest BCUT2D eigenvalue weighted by atomic mass is 10.0. The smallest absolute Gasteiger partial charge is 0.230 e. The van der Waals surface area contributed by atoms with Gasteiger partial charge in [-0.05, 0) is 37.7 Å². The van der Waals surface area contributed by atoms with Crippen molar-refractivity contribution in [2.24, 2.45) is 0 Å². The molecule has 5 nitrogen and oxygen atoms in total. The van der Waals surface area contributed by atoms with Crippen LogP contribution in [0.4, 0.5) is 0 Å². The number of hydrogen-bond acceptors (Lipinski definition) is 4. The van der Waals surface area contributed by atoms with Gasteiger partial charge in [0.1, 0.15) is 5.82 Å². The molecule has 0 spiro atoms. The summed E-state index contributed by atoms with van der Waals surface area (Å²) < 4.78 is 2.30. The largest absolute Gasteiger partial charge is 0.349 e. The van der Waals surface area contributed by atoms with E-state index in [1.807, 2.05) is 18.2 Å². The first-order valence-corrected chi connectivity index (χ1v) is 10.7. The molecule has 1 N–H and O–H groups in total. The zero-order valence-electron chi connectivity index (χ0n) is 15.2. The van der Waals surface area contributed by atoms with E-state index in [-0.39, 0.29) is 11.9 Å². The molecular formula is C20H26N4OS. The Morgan fingerprint density at radius 3 is 2.65 bits per heavy atom. The normalized spacial score (nSPS) is 17.9. The van der Waals surface area contributed by atoms with E-state index in [1.54, 1.807) is 0 Å². The maximum absolute atomic E-state index is 12.5. The zero-order chi connectivity index (χ0) is 17.9. The van der Waals surface area contributed by atoms with Crippen molar-refractivity contribution in [2.45, 2.75) is 68.6 Å². The topological polar surface area (TPSA) is 59.8 Å². The third-order valence-electron chi connectivity index (χ3n) is 4.99. The molecule has 1 aromatic heterocycles. The molecule has 1 amide bonds. The average molecular weight is 371 g/mol. The summed E-state index contributed by atoms with van der Waals surface area (Å²) in [6.07, 6.45) is 6.87. The van der Waals surface area contributed by atoms with Gasteiger partial charge in [0, 0.05) is 12.0 Å². The lowest BCUT2D eigenvalue weighted by Crippen LogP contribution is -2.30. The number of hydrogen-bond donors (Lipinski definition) is 1. The Labute approximate surface area is 159 Å². The third-order valence-corrected chi connectivity index (χ3v) is 5.94. The molecule has 2 saturated carbocycles. The number of amides is 1. The molecule has 6 heteroatoms. The summed E-state index contributed by atoms with van der Waals surface area (Å²) in [6.45, 7) is 2.15. The lowest BCUT2D eigenvalue weighted by molar-refractivity contribution is -0.119. The summed E-state index contributed by atoms with van der Waals surface area (Å²) in [4.78, 5) is 12.5. The molecule has 0 saturated heterocycles. The Morgan fingerprint density at radius 2 is 2.00 bits per heavy atom. The first kappa shape index (κ1) is 17.6. The third kappa shape index (κ3) is 4.11. The highest BCUT2D eigenvalue weighted by Crippen LogP contribution is 2.45. The average Bonchev–Trinajstić information content (AvgIpc) is 3.59. The molecule has 1 atom stereocenters. The minimum absolute atomic E-state index is 0.0654. The van der Waals surface area contributed by atoms with E-state index >= 15 is 0 Å². The van der Waals surface area contributed by atoms with Crippen LogP contribution >= 0.6 is 11.8 Å². The highest BCUT2D eigenvalue weighted by atomic mass is 32.2. The van der Waals surface area contributed by atoms with Crippen LogP contribution in [0.15, 0.2) is 35.5 Å². The second-order valence-corrected chi connectivity index (χ2v) is 8.27. The number of aromatic nitrogens is 3. The van der Waals surface area contributed by atoms with E-state index in [0.717, 1.165) is 23.8 Å². The van der Waals surface area contributed by atoms with Gasteiger partial charge in [0.2, 0.25) is 5.91 Å². The van der Waals surface area contributed by atoms with Crippen LogP contribution in [0.5, 0.6) is 0 Å². The molecule has 1 aromatic carbocycles. The number of benzene rings is 1. The molecule has 138 valence electrons. The SMILES string of the molecule is CCC[C@H](NC(=O)CSc1nnc(C2CC2)n1C1CC1)c1ccccc1. The van der Waals surface area contributed by atoms with Crippen LogP contribution in [0.25, 0.3) is 0 Å². The molecule has 2 aromatic rings. The molecule has 2 fully saturated rings. The molecule has 0 unspecified atom stereocenters. The molecule has 26 heavy (non-hydrogen) atoms. The number of carbonyl (C=O) groups excluding carboxylic acids is 1. The Balaban J connectivity index is 1.38. The highest BCUT2D eigenvalue weighted by Gasteiger charge is 2.36. The molecule has 0 aliphatic heterocycles. The quantitative estimate of drug-likeness (QED) is 0.671. The second kappa shape index (κ2) is 7.82. The number of thioether (sulfide) groups is 1. The van der Waals surface area contributed by atoms with Crippen molar-refractivity contribution in [3.8, 4) is 0 Å². The van der Waals surface area contributed by atoms with Crippen LogP contribution < -0.4 is 5.32 Å². The van der Waals surface area contributed by atoms with Crippen molar-refractivity contribution in [1.29, 1.82) is 0 Å². The monoisotopic (exact) mass is 370 g/mol. The fraction of sp³-hybridized carbons (Fsp3) is 0.550. The van der Waals surface area contributed by atoms with Crippen LogP contribution in [-0.2, 0) is 4.79 Å².